The molecule has 6 aliphatic carbocycles. The molecule has 0 aromatic rings. The zero-order valence-corrected chi connectivity index (χ0v) is 28.4. The fraction of sp³-hybridized carbons (Fsp3) is 0.872. The summed E-state index contributed by atoms with van der Waals surface area (Å²) < 4.78 is 0. The summed E-state index contributed by atoms with van der Waals surface area (Å²) in [4.78, 5) is 11.5. The highest BCUT2D eigenvalue weighted by Gasteiger charge is 2.68. The van der Waals surface area contributed by atoms with Gasteiger partial charge in [0.2, 0.25) is 0 Å². The van der Waals surface area contributed by atoms with Gasteiger partial charge in [0, 0.05) is 5.54 Å². The number of fused-ring (bicyclic) bond motifs is 7. The number of carboxylic acid groups (broad SMARTS) is 1. The molecule has 4 heteroatoms. The van der Waals surface area contributed by atoms with Crippen molar-refractivity contribution in [1.29, 1.82) is 0 Å². The normalized spacial score (nSPS) is 46.1. The molecule has 10 atom stereocenters. The molecule has 0 aromatic carbocycles. The van der Waals surface area contributed by atoms with Crippen LogP contribution in [-0.2, 0) is 4.79 Å². The molecule has 0 aromatic heterocycles. The summed E-state index contributed by atoms with van der Waals surface area (Å²) in [6.45, 7) is 15.9. The van der Waals surface area contributed by atoms with Gasteiger partial charge in [-0.15, -0.1) is 0 Å². The number of carboxylic acids is 1. The summed E-state index contributed by atoms with van der Waals surface area (Å²) in [5.41, 5.74) is 3.96. The van der Waals surface area contributed by atoms with Crippen LogP contribution < -0.4 is 5.32 Å². The van der Waals surface area contributed by atoms with Crippen LogP contribution in [0.4, 0.5) is 0 Å². The van der Waals surface area contributed by atoms with Gasteiger partial charge in [0.25, 0.3) is 0 Å². The van der Waals surface area contributed by atoms with Gasteiger partial charge in [-0.2, -0.15) is 0 Å². The molecule has 4 saturated carbocycles. The maximum Gasteiger partial charge on any atom is 0.306 e. The third-order valence-corrected chi connectivity index (χ3v) is 16.1. The number of hydrogen-bond donors (Lipinski definition) is 3. The molecule has 8 unspecified atom stereocenters. The largest absolute Gasteiger partial charge is 0.481 e. The second kappa shape index (κ2) is 11.3. The lowest BCUT2D eigenvalue weighted by atomic mass is 9.34. The second-order valence-corrected chi connectivity index (χ2v) is 17.2. The van der Waals surface area contributed by atoms with Gasteiger partial charge in [-0.1, -0.05) is 60.1 Å². The molecule has 0 aliphatic heterocycles. The molecule has 0 bridgehead atoms. The molecule has 6 rings (SSSR count). The van der Waals surface area contributed by atoms with Gasteiger partial charge >= 0.3 is 5.97 Å². The molecule has 0 heterocycles. The number of aliphatic carboxylic acids is 1. The molecule has 0 spiro atoms. The number of rotatable bonds is 8. The molecule has 43 heavy (non-hydrogen) atoms. The summed E-state index contributed by atoms with van der Waals surface area (Å²) in [5, 5.41) is 24.6. The van der Waals surface area contributed by atoms with E-state index in [-0.39, 0.29) is 5.92 Å². The van der Waals surface area contributed by atoms with Gasteiger partial charge in [0.05, 0.1) is 11.5 Å². The average molecular weight is 594 g/mol. The van der Waals surface area contributed by atoms with E-state index in [2.05, 4.69) is 59.0 Å². The predicted octanol–water partition coefficient (Wildman–Crippen LogP) is 9.08. The van der Waals surface area contributed by atoms with Gasteiger partial charge in [-0.3, -0.25) is 4.79 Å². The zero-order valence-electron chi connectivity index (χ0n) is 28.4. The van der Waals surface area contributed by atoms with Crippen molar-refractivity contribution in [2.24, 2.45) is 51.8 Å². The minimum atomic E-state index is -0.627. The Kier molecular flexibility index (Phi) is 8.36. The van der Waals surface area contributed by atoms with Gasteiger partial charge in [0.1, 0.15) is 0 Å². The van der Waals surface area contributed by atoms with E-state index in [4.69, 9.17) is 0 Å². The Hall–Kier alpha value is -1.13. The van der Waals surface area contributed by atoms with Crippen LogP contribution in [0.3, 0.4) is 0 Å². The third kappa shape index (κ3) is 4.85. The van der Waals surface area contributed by atoms with Crippen LogP contribution in [-0.4, -0.2) is 33.9 Å². The molecular weight excluding hydrogens is 530 g/mol. The van der Waals surface area contributed by atoms with Crippen LogP contribution in [0, 0.1) is 51.8 Å². The molecule has 242 valence electrons. The maximum atomic E-state index is 11.5. The Bertz CT molecular complexity index is 1140. The minimum absolute atomic E-state index is 0.194. The lowest BCUT2D eigenvalue weighted by Gasteiger charge is -2.71. The Balaban J connectivity index is 1.21. The van der Waals surface area contributed by atoms with Crippen LogP contribution in [0.1, 0.15) is 144 Å². The highest BCUT2D eigenvalue weighted by Crippen LogP contribution is 2.75. The standard InChI is InChI=1S/C39H63NO3/c1-7-38(43,8-2)24-25-40-39-19-9-10-32(39)31-15-16-33-35(4)20-17-29(27-11-13-28(14-12-27)34(41)42)26(3)30(35)18-21-37(33,6)36(31,5)22-23-39/h11,17,26,28,30-33,40,43H,7-10,12-16,18-25H2,1-6H3,(H,41,42)/t26?,28?,30?,31?,32?,33?,35?,36-,37-,39?/m1/s1. The van der Waals surface area contributed by atoms with Gasteiger partial charge in [0.15, 0.2) is 0 Å². The van der Waals surface area contributed by atoms with E-state index in [1.165, 1.54) is 69.8 Å². The van der Waals surface area contributed by atoms with E-state index in [1.54, 1.807) is 5.57 Å². The van der Waals surface area contributed by atoms with Crippen molar-refractivity contribution in [3.05, 3.63) is 23.3 Å². The Labute approximate surface area is 262 Å². The van der Waals surface area contributed by atoms with Crippen molar-refractivity contribution in [2.45, 2.75) is 155 Å². The van der Waals surface area contributed by atoms with Crippen molar-refractivity contribution in [1.82, 2.24) is 5.32 Å². The first-order valence-electron chi connectivity index (χ1n) is 18.5. The van der Waals surface area contributed by atoms with Crippen molar-refractivity contribution in [2.75, 3.05) is 6.54 Å². The zero-order chi connectivity index (χ0) is 30.8. The monoisotopic (exact) mass is 593 g/mol. The lowest BCUT2D eigenvalue weighted by Crippen LogP contribution is -2.67. The molecule has 6 aliphatic rings. The van der Waals surface area contributed by atoms with Crippen LogP contribution in [0.15, 0.2) is 23.3 Å². The number of aliphatic hydroxyl groups is 1. The Morgan fingerprint density at radius 3 is 2.37 bits per heavy atom. The highest BCUT2D eigenvalue weighted by atomic mass is 16.4. The molecule has 3 N–H and O–H groups in total. The summed E-state index contributed by atoms with van der Waals surface area (Å²) >= 11 is 0. The summed E-state index contributed by atoms with van der Waals surface area (Å²) in [5.74, 6) is 2.87. The van der Waals surface area contributed by atoms with Crippen LogP contribution >= 0.6 is 0 Å². The Morgan fingerprint density at radius 2 is 1.70 bits per heavy atom. The Morgan fingerprint density at radius 1 is 0.930 bits per heavy atom. The van der Waals surface area contributed by atoms with Crippen LogP contribution in [0.25, 0.3) is 0 Å². The quantitative estimate of drug-likeness (QED) is 0.263. The van der Waals surface area contributed by atoms with E-state index in [1.807, 2.05) is 0 Å². The first kappa shape index (κ1) is 31.8. The van der Waals surface area contributed by atoms with Gasteiger partial charge < -0.3 is 15.5 Å². The fourth-order valence-electron chi connectivity index (χ4n) is 13.0. The van der Waals surface area contributed by atoms with E-state index in [9.17, 15) is 15.0 Å². The van der Waals surface area contributed by atoms with E-state index in [0.717, 1.165) is 62.3 Å². The smallest absolute Gasteiger partial charge is 0.306 e. The number of hydrogen-bond acceptors (Lipinski definition) is 3. The molecule has 4 nitrogen and oxygen atoms in total. The molecule has 4 fully saturated rings. The van der Waals surface area contributed by atoms with E-state index < -0.39 is 11.6 Å². The van der Waals surface area contributed by atoms with Crippen molar-refractivity contribution < 1.29 is 15.0 Å². The third-order valence-electron chi connectivity index (χ3n) is 16.1. The fourth-order valence-corrected chi connectivity index (χ4v) is 13.0. The van der Waals surface area contributed by atoms with Crippen molar-refractivity contribution >= 4 is 5.97 Å². The van der Waals surface area contributed by atoms with Crippen LogP contribution in [0.2, 0.25) is 0 Å². The summed E-state index contributed by atoms with van der Waals surface area (Å²) in [7, 11) is 0. The maximum absolute atomic E-state index is 11.5. The van der Waals surface area contributed by atoms with E-state index in [0.29, 0.717) is 34.1 Å². The van der Waals surface area contributed by atoms with E-state index >= 15 is 0 Å². The topological polar surface area (TPSA) is 69.6 Å². The van der Waals surface area contributed by atoms with Crippen LogP contribution in [0.5, 0.6) is 0 Å². The predicted molar refractivity (Wildman–Crippen MR) is 176 cm³/mol. The van der Waals surface area contributed by atoms with Gasteiger partial charge in [-0.05, 0) is 160 Å². The van der Waals surface area contributed by atoms with Gasteiger partial charge in [-0.25, -0.2) is 0 Å². The SMILES string of the molecule is CCC(O)(CC)CCNC12CCCC1C1CCC3C4(C)CC=C(C5=CCC(C(=O)O)CC5)C(C)C4CC[C@@]3(C)[C@]1(C)CC2. The lowest BCUT2D eigenvalue weighted by molar-refractivity contribution is -0.212. The summed E-state index contributed by atoms with van der Waals surface area (Å²) in [6.07, 6.45) is 23.4. The summed E-state index contributed by atoms with van der Waals surface area (Å²) in [6, 6.07) is 0. The number of carbonyl (C=O) groups is 1. The highest BCUT2D eigenvalue weighted by molar-refractivity contribution is 5.70. The first-order chi connectivity index (χ1) is 20.4. The minimum Gasteiger partial charge on any atom is -0.481 e. The average Bonchev–Trinajstić information content (AvgIpc) is 3.41. The van der Waals surface area contributed by atoms with Crippen molar-refractivity contribution in [3.8, 4) is 0 Å². The number of allylic oxidation sites excluding steroid dienone is 4. The second-order valence-electron chi connectivity index (χ2n) is 17.2. The van der Waals surface area contributed by atoms with Crippen molar-refractivity contribution in [3.63, 3.8) is 0 Å². The first-order valence-corrected chi connectivity index (χ1v) is 18.5. The molecule has 0 saturated heterocycles. The number of nitrogens with one attached hydrogen (secondary N) is 1. The molecular formula is C39H63NO3. The molecule has 0 amide bonds. The molecule has 0 radical (unpaired) electrons.